The first-order valence-electron chi connectivity index (χ1n) is 6.83. The minimum Gasteiger partial charge on any atom is -0.342 e. The van der Waals surface area contributed by atoms with Crippen LogP contribution in [0.5, 0.6) is 0 Å². The SMILES string of the molecule is CCN(CC)C(=O)CN(C)CC(=O)c1ccc(Cl)cc1Cl. The maximum absolute atomic E-state index is 12.2. The highest BCUT2D eigenvalue weighted by Crippen LogP contribution is 2.21. The predicted molar refractivity (Wildman–Crippen MR) is 86.2 cm³/mol. The van der Waals surface area contributed by atoms with Gasteiger partial charge >= 0.3 is 0 Å². The van der Waals surface area contributed by atoms with Crippen LogP contribution in [0, 0.1) is 0 Å². The van der Waals surface area contributed by atoms with Crippen LogP contribution in [0.4, 0.5) is 0 Å². The van der Waals surface area contributed by atoms with E-state index in [-0.39, 0.29) is 24.8 Å². The maximum atomic E-state index is 12.2. The second-order valence-corrected chi connectivity index (χ2v) is 5.63. The molecule has 0 bridgehead atoms. The Morgan fingerprint density at radius 3 is 2.24 bits per heavy atom. The van der Waals surface area contributed by atoms with E-state index in [4.69, 9.17) is 23.2 Å². The summed E-state index contributed by atoms with van der Waals surface area (Å²) in [5, 5.41) is 0.817. The van der Waals surface area contributed by atoms with Crippen LogP contribution in [0.1, 0.15) is 24.2 Å². The van der Waals surface area contributed by atoms with Gasteiger partial charge in [-0.3, -0.25) is 14.5 Å². The van der Waals surface area contributed by atoms with Gasteiger partial charge in [0, 0.05) is 23.7 Å². The molecule has 0 aliphatic rings. The second kappa shape index (κ2) is 8.37. The number of benzene rings is 1. The number of amides is 1. The normalized spacial score (nSPS) is 10.8. The number of rotatable bonds is 7. The first kappa shape index (κ1) is 18.0. The van der Waals surface area contributed by atoms with Crippen LogP contribution in [-0.4, -0.2) is 54.7 Å². The van der Waals surface area contributed by atoms with E-state index in [0.717, 1.165) is 0 Å². The van der Waals surface area contributed by atoms with Gasteiger partial charge in [0.1, 0.15) is 0 Å². The number of ketones is 1. The van der Waals surface area contributed by atoms with Crippen molar-refractivity contribution in [2.24, 2.45) is 0 Å². The molecule has 0 unspecified atom stereocenters. The molecule has 0 fully saturated rings. The molecule has 0 aliphatic heterocycles. The summed E-state index contributed by atoms with van der Waals surface area (Å²) >= 11 is 11.8. The molecule has 4 nitrogen and oxygen atoms in total. The number of carbonyl (C=O) groups excluding carboxylic acids is 2. The van der Waals surface area contributed by atoms with E-state index in [9.17, 15) is 9.59 Å². The third-order valence-electron chi connectivity index (χ3n) is 3.17. The highest BCUT2D eigenvalue weighted by molar-refractivity contribution is 6.36. The smallest absolute Gasteiger partial charge is 0.236 e. The van der Waals surface area contributed by atoms with E-state index < -0.39 is 0 Å². The minimum absolute atomic E-state index is 0.0116. The van der Waals surface area contributed by atoms with Gasteiger partial charge in [-0.15, -0.1) is 0 Å². The second-order valence-electron chi connectivity index (χ2n) is 4.79. The Morgan fingerprint density at radius 2 is 1.71 bits per heavy atom. The molecule has 1 aromatic carbocycles. The Labute approximate surface area is 135 Å². The van der Waals surface area contributed by atoms with Crippen molar-refractivity contribution in [3.63, 3.8) is 0 Å². The van der Waals surface area contributed by atoms with Crippen LogP contribution < -0.4 is 0 Å². The molecule has 0 saturated heterocycles. The molecule has 0 N–H and O–H groups in total. The summed E-state index contributed by atoms with van der Waals surface area (Å²) in [4.78, 5) is 27.6. The van der Waals surface area contributed by atoms with Crippen molar-refractivity contribution in [3.8, 4) is 0 Å². The van der Waals surface area contributed by atoms with E-state index in [1.807, 2.05) is 13.8 Å². The van der Waals surface area contributed by atoms with E-state index in [0.29, 0.717) is 28.7 Å². The lowest BCUT2D eigenvalue weighted by atomic mass is 10.1. The van der Waals surface area contributed by atoms with Crippen molar-refractivity contribution in [2.45, 2.75) is 13.8 Å². The van der Waals surface area contributed by atoms with Gasteiger partial charge in [0.15, 0.2) is 5.78 Å². The summed E-state index contributed by atoms with van der Waals surface area (Å²) in [7, 11) is 1.74. The summed E-state index contributed by atoms with van der Waals surface area (Å²) in [6.45, 7) is 5.54. The van der Waals surface area contributed by atoms with E-state index in [2.05, 4.69) is 0 Å². The largest absolute Gasteiger partial charge is 0.342 e. The molecule has 0 aliphatic carbocycles. The molecule has 116 valence electrons. The number of halogens is 2. The Balaban J connectivity index is 2.64. The number of hydrogen-bond donors (Lipinski definition) is 0. The van der Waals surface area contributed by atoms with Gasteiger partial charge in [-0.25, -0.2) is 0 Å². The fraction of sp³-hybridized carbons (Fsp3) is 0.467. The predicted octanol–water partition coefficient (Wildman–Crippen LogP) is 2.98. The Morgan fingerprint density at radius 1 is 1.10 bits per heavy atom. The van der Waals surface area contributed by atoms with Crippen LogP contribution in [0.15, 0.2) is 18.2 Å². The molecule has 0 spiro atoms. The van der Waals surface area contributed by atoms with Gasteiger partial charge in [-0.2, -0.15) is 0 Å². The van der Waals surface area contributed by atoms with Crippen LogP contribution >= 0.6 is 23.2 Å². The highest BCUT2D eigenvalue weighted by atomic mass is 35.5. The zero-order valence-electron chi connectivity index (χ0n) is 12.5. The van der Waals surface area contributed by atoms with E-state index in [1.54, 1.807) is 29.0 Å². The molecule has 21 heavy (non-hydrogen) atoms. The van der Waals surface area contributed by atoms with Crippen molar-refractivity contribution in [3.05, 3.63) is 33.8 Å². The molecule has 0 radical (unpaired) electrons. The number of hydrogen-bond acceptors (Lipinski definition) is 3. The fourth-order valence-corrected chi connectivity index (χ4v) is 2.52. The molecular weight excluding hydrogens is 311 g/mol. The van der Waals surface area contributed by atoms with Crippen LogP contribution in [0.3, 0.4) is 0 Å². The minimum atomic E-state index is -0.133. The summed E-state index contributed by atoms with van der Waals surface area (Å²) in [6, 6.07) is 4.77. The van der Waals surface area contributed by atoms with Crippen molar-refractivity contribution < 1.29 is 9.59 Å². The monoisotopic (exact) mass is 330 g/mol. The van der Waals surface area contributed by atoms with Crippen LogP contribution in [-0.2, 0) is 4.79 Å². The molecule has 1 amide bonds. The number of carbonyl (C=O) groups is 2. The summed E-state index contributed by atoms with van der Waals surface area (Å²) < 4.78 is 0. The lowest BCUT2D eigenvalue weighted by Gasteiger charge is -2.22. The first-order chi connectivity index (χ1) is 9.88. The van der Waals surface area contributed by atoms with Gasteiger partial charge in [-0.1, -0.05) is 23.2 Å². The van der Waals surface area contributed by atoms with Gasteiger partial charge in [0.25, 0.3) is 0 Å². The highest BCUT2D eigenvalue weighted by Gasteiger charge is 2.17. The van der Waals surface area contributed by atoms with Gasteiger partial charge < -0.3 is 4.90 Å². The molecule has 1 aromatic rings. The van der Waals surface area contributed by atoms with E-state index in [1.165, 1.54) is 6.07 Å². The number of nitrogens with zero attached hydrogens (tertiary/aromatic N) is 2. The summed E-state index contributed by atoms with van der Waals surface area (Å²) in [5.74, 6) is -0.121. The lowest BCUT2D eigenvalue weighted by molar-refractivity contribution is -0.131. The summed E-state index contributed by atoms with van der Waals surface area (Å²) in [6.07, 6.45) is 0. The summed E-state index contributed by atoms with van der Waals surface area (Å²) in [5.41, 5.74) is 0.420. The van der Waals surface area contributed by atoms with Crippen LogP contribution in [0.2, 0.25) is 10.0 Å². The third kappa shape index (κ3) is 5.30. The third-order valence-corrected chi connectivity index (χ3v) is 3.71. The van der Waals surface area contributed by atoms with Crippen molar-refractivity contribution in [1.29, 1.82) is 0 Å². The maximum Gasteiger partial charge on any atom is 0.236 e. The molecule has 0 heterocycles. The zero-order valence-corrected chi connectivity index (χ0v) is 14.0. The van der Waals surface area contributed by atoms with Crippen molar-refractivity contribution >= 4 is 34.9 Å². The van der Waals surface area contributed by atoms with Crippen molar-refractivity contribution in [1.82, 2.24) is 9.80 Å². The molecule has 1 rings (SSSR count). The van der Waals surface area contributed by atoms with Gasteiger partial charge in [0.2, 0.25) is 5.91 Å². The fourth-order valence-electron chi connectivity index (χ4n) is 2.01. The molecule has 0 aromatic heterocycles. The molecule has 6 heteroatoms. The average Bonchev–Trinajstić information content (AvgIpc) is 2.39. The Bertz CT molecular complexity index is 516. The Kier molecular flexibility index (Phi) is 7.15. The van der Waals surface area contributed by atoms with Crippen molar-refractivity contribution in [2.75, 3.05) is 33.2 Å². The van der Waals surface area contributed by atoms with Gasteiger partial charge in [0.05, 0.1) is 18.1 Å². The average molecular weight is 331 g/mol. The quantitative estimate of drug-likeness (QED) is 0.721. The molecule has 0 atom stereocenters. The zero-order chi connectivity index (χ0) is 16.0. The van der Waals surface area contributed by atoms with Crippen LogP contribution in [0.25, 0.3) is 0 Å². The number of Topliss-reactive ketones (excluding diaryl/α,β-unsaturated/α-hetero) is 1. The lowest BCUT2D eigenvalue weighted by Crippen LogP contribution is -2.40. The van der Waals surface area contributed by atoms with E-state index >= 15 is 0 Å². The molecule has 0 saturated carbocycles. The number of likely N-dealkylation sites (N-methyl/N-ethyl adjacent to an activating group) is 2. The topological polar surface area (TPSA) is 40.6 Å². The van der Waals surface area contributed by atoms with Gasteiger partial charge in [-0.05, 0) is 39.1 Å². The standard InChI is InChI=1S/C15H20Cl2N2O2/c1-4-19(5-2)15(21)10-18(3)9-14(20)12-7-6-11(16)8-13(12)17/h6-8H,4-5,9-10H2,1-3H3. The molecular formula is C15H20Cl2N2O2. The Hall–Kier alpha value is -1.10. The first-order valence-corrected chi connectivity index (χ1v) is 7.59.